The first-order valence-electron chi connectivity index (χ1n) is 11.3. The van der Waals surface area contributed by atoms with Crippen LogP contribution in [0.3, 0.4) is 0 Å². The number of aryl methyl sites for hydroxylation is 3. The third kappa shape index (κ3) is 6.69. The van der Waals surface area contributed by atoms with E-state index in [1.165, 1.54) is 40.3 Å². The first-order chi connectivity index (χ1) is 17.0. The normalized spacial score (nSPS) is 11.5. The van der Waals surface area contributed by atoms with Crippen molar-refractivity contribution in [3.05, 3.63) is 58.7 Å². The van der Waals surface area contributed by atoms with Crippen molar-refractivity contribution in [2.24, 2.45) is 0 Å². The first-order valence-corrected chi connectivity index (χ1v) is 14.5. The molecule has 0 unspecified atom stereocenters. The number of thioether (sulfide) groups is 1. The summed E-state index contributed by atoms with van der Waals surface area (Å²) in [7, 11) is -3.59. The van der Waals surface area contributed by atoms with E-state index >= 15 is 0 Å². The Kier molecular flexibility index (Phi) is 9.23. The highest BCUT2D eigenvalue weighted by molar-refractivity contribution is 8.01. The van der Waals surface area contributed by atoms with Crippen LogP contribution in [0.5, 0.6) is 0 Å². The van der Waals surface area contributed by atoms with Gasteiger partial charge in [0.25, 0.3) is 5.91 Å². The predicted molar refractivity (Wildman–Crippen MR) is 144 cm³/mol. The molecule has 0 atom stereocenters. The number of amides is 2. The van der Waals surface area contributed by atoms with Gasteiger partial charge in [-0.3, -0.25) is 14.9 Å². The molecule has 0 aliphatic carbocycles. The monoisotopic (exact) mass is 547 g/mol. The van der Waals surface area contributed by atoms with Crippen molar-refractivity contribution in [2.75, 3.05) is 29.5 Å². The second-order valence-corrected chi connectivity index (χ2v) is 12.2. The van der Waals surface area contributed by atoms with Crippen LogP contribution in [-0.4, -0.2) is 53.6 Å². The van der Waals surface area contributed by atoms with Crippen LogP contribution in [0.25, 0.3) is 0 Å². The average molecular weight is 548 g/mol. The second kappa shape index (κ2) is 12.0. The van der Waals surface area contributed by atoms with Crippen LogP contribution in [0, 0.1) is 20.8 Å². The van der Waals surface area contributed by atoms with Gasteiger partial charge in [-0.05, 0) is 56.2 Å². The van der Waals surface area contributed by atoms with Crippen LogP contribution in [-0.2, 0) is 14.8 Å². The average Bonchev–Trinajstić information content (AvgIpc) is 3.28. The molecule has 0 spiro atoms. The fourth-order valence-corrected chi connectivity index (χ4v) is 6.66. The number of carbonyl (C=O) groups is 2. The van der Waals surface area contributed by atoms with Gasteiger partial charge in [0.1, 0.15) is 0 Å². The zero-order valence-electron chi connectivity index (χ0n) is 20.8. The molecule has 3 aromatic rings. The van der Waals surface area contributed by atoms with E-state index in [0.717, 1.165) is 33.7 Å². The first kappa shape index (κ1) is 27.8. The number of sulfonamides is 1. The largest absolute Gasteiger partial charge is 0.325 e. The summed E-state index contributed by atoms with van der Waals surface area (Å²) < 4.78 is 27.1. The van der Waals surface area contributed by atoms with Crippen LogP contribution >= 0.6 is 23.1 Å². The number of hydrogen-bond acceptors (Lipinski definition) is 8. The molecule has 0 aliphatic rings. The van der Waals surface area contributed by atoms with Crippen molar-refractivity contribution in [3.8, 4) is 0 Å². The highest BCUT2D eigenvalue weighted by Gasteiger charge is 2.22. The van der Waals surface area contributed by atoms with Crippen molar-refractivity contribution in [2.45, 2.75) is 43.9 Å². The lowest BCUT2D eigenvalue weighted by atomic mass is 10.1. The lowest BCUT2D eigenvalue weighted by Crippen LogP contribution is -2.30. The molecule has 1 aromatic heterocycles. The van der Waals surface area contributed by atoms with Gasteiger partial charge in [0.15, 0.2) is 4.34 Å². The highest BCUT2D eigenvalue weighted by Crippen LogP contribution is 2.27. The Morgan fingerprint density at radius 2 is 1.58 bits per heavy atom. The summed E-state index contributed by atoms with van der Waals surface area (Å²) in [4.78, 5) is 25.1. The van der Waals surface area contributed by atoms with Crippen LogP contribution in [0.1, 0.15) is 40.9 Å². The lowest BCUT2D eigenvalue weighted by molar-refractivity contribution is -0.113. The maximum atomic E-state index is 12.6. The van der Waals surface area contributed by atoms with Gasteiger partial charge in [-0.25, -0.2) is 8.42 Å². The van der Waals surface area contributed by atoms with Gasteiger partial charge in [0.05, 0.1) is 10.6 Å². The van der Waals surface area contributed by atoms with Gasteiger partial charge in [0, 0.05) is 24.3 Å². The van der Waals surface area contributed by atoms with Gasteiger partial charge in [0.2, 0.25) is 21.1 Å². The van der Waals surface area contributed by atoms with Gasteiger partial charge < -0.3 is 5.32 Å². The molecule has 0 bridgehead atoms. The fourth-order valence-electron chi connectivity index (χ4n) is 3.66. The summed E-state index contributed by atoms with van der Waals surface area (Å²) >= 11 is 2.38. The number of carbonyl (C=O) groups excluding carboxylic acids is 2. The van der Waals surface area contributed by atoms with Crippen LogP contribution in [0.15, 0.2) is 45.6 Å². The van der Waals surface area contributed by atoms with Crippen molar-refractivity contribution in [1.29, 1.82) is 0 Å². The number of nitrogens with one attached hydrogen (secondary N) is 2. The number of hydrogen-bond donors (Lipinski definition) is 2. The topological polar surface area (TPSA) is 121 Å². The zero-order valence-corrected chi connectivity index (χ0v) is 23.2. The molecule has 2 amide bonds. The molecule has 0 saturated heterocycles. The van der Waals surface area contributed by atoms with E-state index in [1.54, 1.807) is 13.8 Å². The Morgan fingerprint density at radius 3 is 2.17 bits per heavy atom. The van der Waals surface area contributed by atoms with E-state index in [1.807, 2.05) is 32.9 Å². The van der Waals surface area contributed by atoms with Gasteiger partial charge in [-0.1, -0.05) is 54.6 Å². The van der Waals surface area contributed by atoms with E-state index < -0.39 is 15.9 Å². The summed E-state index contributed by atoms with van der Waals surface area (Å²) in [5, 5.41) is 13.9. The molecule has 3 rings (SSSR count). The van der Waals surface area contributed by atoms with Crippen molar-refractivity contribution >= 4 is 55.8 Å². The molecule has 9 nitrogen and oxygen atoms in total. The fraction of sp³-hybridized carbons (Fsp3) is 0.333. The molecule has 36 heavy (non-hydrogen) atoms. The van der Waals surface area contributed by atoms with E-state index in [9.17, 15) is 18.0 Å². The molecule has 0 saturated carbocycles. The molecular formula is C24H29N5O4S3. The van der Waals surface area contributed by atoms with Gasteiger partial charge >= 0.3 is 0 Å². The SMILES string of the molecule is CCN(CC)S(=O)(=O)c1ccc(C(=O)Nc2nnc(SCC(=O)Nc3c(C)cc(C)cc3C)s2)cc1. The van der Waals surface area contributed by atoms with E-state index in [2.05, 4.69) is 20.8 Å². The second-order valence-electron chi connectivity index (χ2n) is 8.05. The lowest BCUT2D eigenvalue weighted by Gasteiger charge is -2.18. The maximum Gasteiger partial charge on any atom is 0.257 e. The van der Waals surface area contributed by atoms with Crippen LogP contribution < -0.4 is 10.6 Å². The summed E-state index contributed by atoms with van der Waals surface area (Å²) in [6.07, 6.45) is 0. The molecule has 0 radical (unpaired) electrons. The Labute approximate surface area is 219 Å². The molecule has 2 N–H and O–H groups in total. The Balaban J connectivity index is 1.57. The number of rotatable bonds is 10. The molecule has 2 aromatic carbocycles. The number of anilines is 2. The predicted octanol–water partition coefficient (Wildman–Crippen LogP) is 4.48. The standard InChI is InChI=1S/C24H29N5O4S3/c1-6-29(7-2)36(32,33)19-10-8-18(9-11-19)22(31)26-23-27-28-24(35-23)34-14-20(30)25-21-16(4)12-15(3)13-17(21)5/h8-13H,6-7,14H2,1-5H3,(H,25,30)(H,26,27,31). The van der Waals surface area contributed by atoms with Crippen molar-refractivity contribution in [3.63, 3.8) is 0 Å². The van der Waals surface area contributed by atoms with Gasteiger partial charge in [-0.2, -0.15) is 4.31 Å². The number of nitrogens with zero attached hydrogens (tertiary/aromatic N) is 3. The van der Waals surface area contributed by atoms with Crippen LogP contribution in [0.4, 0.5) is 10.8 Å². The summed E-state index contributed by atoms with van der Waals surface area (Å²) in [5.41, 5.74) is 4.26. The van der Waals surface area contributed by atoms with Crippen molar-refractivity contribution < 1.29 is 18.0 Å². The third-order valence-corrected chi connectivity index (χ3v) is 9.39. The molecule has 12 heteroatoms. The number of benzene rings is 2. The zero-order chi connectivity index (χ0) is 26.5. The minimum Gasteiger partial charge on any atom is -0.325 e. The minimum atomic E-state index is -3.59. The van der Waals surface area contributed by atoms with Gasteiger partial charge in [-0.15, -0.1) is 10.2 Å². The third-order valence-electron chi connectivity index (χ3n) is 5.35. The Hall–Kier alpha value is -2.80. The van der Waals surface area contributed by atoms with E-state index in [0.29, 0.717) is 23.0 Å². The Bertz CT molecular complexity index is 1330. The van der Waals surface area contributed by atoms with Crippen molar-refractivity contribution in [1.82, 2.24) is 14.5 Å². The smallest absolute Gasteiger partial charge is 0.257 e. The summed E-state index contributed by atoms with van der Waals surface area (Å²) in [5.74, 6) is -0.439. The molecular weight excluding hydrogens is 518 g/mol. The van der Waals surface area contributed by atoms with E-state index in [4.69, 9.17) is 0 Å². The molecule has 1 heterocycles. The van der Waals surface area contributed by atoms with E-state index in [-0.39, 0.29) is 21.7 Å². The quantitative estimate of drug-likeness (QED) is 0.284. The summed E-state index contributed by atoms with van der Waals surface area (Å²) in [6.45, 7) is 10.2. The highest BCUT2D eigenvalue weighted by atomic mass is 32.2. The molecule has 0 aliphatic heterocycles. The maximum absolute atomic E-state index is 12.6. The number of aromatic nitrogens is 2. The van der Waals surface area contributed by atoms with Crippen LogP contribution in [0.2, 0.25) is 0 Å². The minimum absolute atomic E-state index is 0.131. The summed E-state index contributed by atoms with van der Waals surface area (Å²) in [6, 6.07) is 9.80. The molecule has 0 fully saturated rings. The molecule has 192 valence electrons. The Morgan fingerprint density at radius 1 is 0.972 bits per heavy atom.